The summed E-state index contributed by atoms with van der Waals surface area (Å²) in [7, 11) is 1.77. The highest BCUT2D eigenvalue weighted by molar-refractivity contribution is 5.46. The van der Waals surface area contributed by atoms with Crippen molar-refractivity contribution in [3.63, 3.8) is 0 Å². The lowest BCUT2D eigenvalue weighted by atomic mass is 9.85. The Balaban J connectivity index is 2.07. The van der Waals surface area contributed by atoms with Crippen LogP contribution in [0.5, 0.6) is 5.75 Å². The summed E-state index contributed by atoms with van der Waals surface area (Å²) in [5.41, 5.74) is 2.90. The SMILES string of the molecule is COc1cccc2c1C(C)CNC2C1CC1. The molecular weight excluding hydrogens is 198 g/mol. The average molecular weight is 217 g/mol. The smallest absolute Gasteiger partial charge is 0.122 e. The number of methoxy groups -OCH3 is 1. The van der Waals surface area contributed by atoms with E-state index in [0.717, 1.165) is 18.2 Å². The van der Waals surface area contributed by atoms with E-state index in [1.807, 2.05) is 0 Å². The number of ether oxygens (including phenoxy) is 1. The normalized spacial score (nSPS) is 28.6. The van der Waals surface area contributed by atoms with Crippen LogP contribution in [0.2, 0.25) is 0 Å². The first-order chi connectivity index (χ1) is 7.81. The molecule has 0 bridgehead atoms. The highest BCUT2D eigenvalue weighted by atomic mass is 16.5. The Morgan fingerprint density at radius 3 is 2.81 bits per heavy atom. The monoisotopic (exact) mass is 217 g/mol. The van der Waals surface area contributed by atoms with E-state index in [9.17, 15) is 0 Å². The van der Waals surface area contributed by atoms with E-state index in [-0.39, 0.29) is 0 Å². The van der Waals surface area contributed by atoms with Gasteiger partial charge in [0.25, 0.3) is 0 Å². The van der Waals surface area contributed by atoms with Gasteiger partial charge in [-0.05, 0) is 36.3 Å². The Morgan fingerprint density at radius 2 is 2.12 bits per heavy atom. The second-order valence-electron chi connectivity index (χ2n) is 5.09. The quantitative estimate of drug-likeness (QED) is 0.822. The van der Waals surface area contributed by atoms with Crippen LogP contribution in [0.15, 0.2) is 18.2 Å². The minimum atomic E-state index is 0.557. The van der Waals surface area contributed by atoms with E-state index in [1.54, 1.807) is 7.11 Å². The van der Waals surface area contributed by atoms with E-state index in [0.29, 0.717) is 12.0 Å². The molecule has 1 N–H and O–H groups in total. The fraction of sp³-hybridized carbons (Fsp3) is 0.571. The zero-order chi connectivity index (χ0) is 11.1. The molecule has 1 aliphatic carbocycles. The van der Waals surface area contributed by atoms with Crippen molar-refractivity contribution in [1.82, 2.24) is 5.32 Å². The molecule has 2 aliphatic rings. The highest BCUT2D eigenvalue weighted by Gasteiger charge is 2.37. The number of nitrogens with one attached hydrogen (secondary N) is 1. The lowest BCUT2D eigenvalue weighted by Crippen LogP contribution is -2.33. The molecule has 2 heteroatoms. The van der Waals surface area contributed by atoms with Crippen LogP contribution in [-0.4, -0.2) is 13.7 Å². The van der Waals surface area contributed by atoms with Crippen LogP contribution < -0.4 is 10.1 Å². The van der Waals surface area contributed by atoms with E-state index in [4.69, 9.17) is 4.74 Å². The van der Waals surface area contributed by atoms with E-state index >= 15 is 0 Å². The topological polar surface area (TPSA) is 21.3 Å². The van der Waals surface area contributed by atoms with Crippen LogP contribution in [0.25, 0.3) is 0 Å². The summed E-state index contributed by atoms with van der Waals surface area (Å²) in [6.45, 7) is 3.35. The standard InChI is InChI=1S/C14H19NO/c1-9-8-15-14(10-6-7-10)11-4-3-5-12(16-2)13(9)11/h3-5,9-10,14-15H,6-8H2,1-2H3. The molecule has 0 radical (unpaired) electrons. The summed E-state index contributed by atoms with van der Waals surface area (Å²) in [6.07, 6.45) is 2.76. The van der Waals surface area contributed by atoms with Gasteiger partial charge in [-0.25, -0.2) is 0 Å². The van der Waals surface area contributed by atoms with Crippen LogP contribution in [0.1, 0.15) is 42.9 Å². The first-order valence-corrected chi connectivity index (χ1v) is 6.21. The predicted molar refractivity (Wildman–Crippen MR) is 64.9 cm³/mol. The number of hydrogen-bond acceptors (Lipinski definition) is 2. The third-order valence-electron chi connectivity index (χ3n) is 3.88. The summed E-state index contributed by atoms with van der Waals surface area (Å²) in [4.78, 5) is 0. The van der Waals surface area contributed by atoms with Crippen molar-refractivity contribution in [2.45, 2.75) is 31.7 Å². The lowest BCUT2D eigenvalue weighted by Gasteiger charge is -2.32. The minimum Gasteiger partial charge on any atom is -0.496 e. The van der Waals surface area contributed by atoms with Gasteiger partial charge in [-0.2, -0.15) is 0 Å². The van der Waals surface area contributed by atoms with Gasteiger partial charge < -0.3 is 10.1 Å². The molecule has 0 spiro atoms. The Labute approximate surface area is 97.0 Å². The van der Waals surface area contributed by atoms with Gasteiger partial charge in [0.1, 0.15) is 5.75 Å². The molecule has 1 aromatic carbocycles. The maximum Gasteiger partial charge on any atom is 0.122 e. The summed E-state index contributed by atoms with van der Waals surface area (Å²) in [5.74, 6) is 2.48. The number of rotatable bonds is 2. The molecule has 0 saturated heterocycles. The Hall–Kier alpha value is -1.02. The van der Waals surface area contributed by atoms with Gasteiger partial charge in [0.2, 0.25) is 0 Å². The highest BCUT2D eigenvalue weighted by Crippen LogP contribution is 2.46. The predicted octanol–water partition coefficient (Wildman–Crippen LogP) is 2.85. The van der Waals surface area contributed by atoms with Crippen molar-refractivity contribution in [1.29, 1.82) is 0 Å². The molecule has 1 aromatic rings. The van der Waals surface area contributed by atoms with Crippen molar-refractivity contribution in [3.8, 4) is 5.75 Å². The Morgan fingerprint density at radius 1 is 1.31 bits per heavy atom. The van der Waals surface area contributed by atoms with Crippen LogP contribution >= 0.6 is 0 Å². The third-order valence-corrected chi connectivity index (χ3v) is 3.88. The van der Waals surface area contributed by atoms with Gasteiger partial charge in [-0.15, -0.1) is 0 Å². The fourth-order valence-corrected chi connectivity index (χ4v) is 2.90. The molecule has 2 atom stereocenters. The number of benzene rings is 1. The zero-order valence-corrected chi connectivity index (χ0v) is 9.99. The van der Waals surface area contributed by atoms with Crippen molar-refractivity contribution in [2.75, 3.05) is 13.7 Å². The summed E-state index contributed by atoms with van der Waals surface area (Å²) in [5, 5.41) is 3.68. The Kier molecular flexibility index (Phi) is 2.40. The third kappa shape index (κ3) is 1.52. The second kappa shape index (κ2) is 3.77. The molecule has 3 rings (SSSR count). The van der Waals surface area contributed by atoms with Gasteiger partial charge in [0.15, 0.2) is 0 Å². The molecule has 1 heterocycles. The summed E-state index contributed by atoms with van der Waals surface area (Å²) >= 11 is 0. The first kappa shape index (κ1) is 10.2. The van der Waals surface area contributed by atoms with Crippen LogP contribution in [0.4, 0.5) is 0 Å². The number of fused-ring (bicyclic) bond motifs is 1. The van der Waals surface area contributed by atoms with E-state index in [2.05, 4.69) is 30.4 Å². The van der Waals surface area contributed by atoms with Gasteiger partial charge in [-0.3, -0.25) is 0 Å². The van der Waals surface area contributed by atoms with Crippen LogP contribution in [-0.2, 0) is 0 Å². The van der Waals surface area contributed by atoms with Crippen molar-refractivity contribution >= 4 is 0 Å². The molecule has 86 valence electrons. The molecular formula is C14H19NO. The maximum atomic E-state index is 5.50. The van der Waals surface area contributed by atoms with E-state index < -0.39 is 0 Å². The van der Waals surface area contributed by atoms with Crippen molar-refractivity contribution in [2.24, 2.45) is 5.92 Å². The zero-order valence-electron chi connectivity index (χ0n) is 9.99. The van der Waals surface area contributed by atoms with Crippen LogP contribution in [0, 0.1) is 5.92 Å². The molecule has 0 aromatic heterocycles. The molecule has 16 heavy (non-hydrogen) atoms. The lowest BCUT2D eigenvalue weighted by molar-refractivity contribution is 0.382. The molecule has 2 unspecified atom stereocenters. The molecule has 0 amide bonds. The second-order valence-corrected chi connectivity index (χ2v) is 5.09. The number of hydrogen-bond donors (Lipinski definition) is 1. The first-order valence-electron chi connectivity index (χ1n) is 6.21. The largest absolute Gasteiger partial charge is 0.496 e. The summed E-state index contributed by atoms with van der Waals surface area (Å²) < 4.78 is 5.50. The van der Waals surface area contributed by atoms with Gasteiger partial charge in [-0.1, -0.05) is 19.1 Å². The van der Waals surface area contributed by atoms with Gasteiger partial charge in [0.05, 0.1) is 7.11 Å². The Bertz CT molecular complexity index is 398. The maximum absolute atomic E-state index is 5.50. The fourth-order valence-electron chi connectivity index (χ4n) is 2.90. The van der Waals surface area contributed by atoms with Crippen molar-refractivity contribution < 1.29 is 4.74 Å². The molecule has 1 fully saturated rings. The average Bonchev–Trinajstić information content (AvgIpc) is 3.13. The summed E-state index contributed by atoms with van der Waals surface area (Å²) in [6, 6.07) is 7.04. The van der Waals surface area contributed by atoms with E-state index in [1.165, 1.54) is 24.0 Å². The van der Waals surface area contributed by atoms with Crippen LogP contribution in [0.3, 0.4) is 0 Å². The molecule has 1 aliphatic heterocycles. The molecule has 2 nitrogen and oxygen atoms in total. The molecule has 1 saturated carbocycles. The van der Waals surface area contributed by atoms with Crippen molar-refractivity contribution in [3.05, 3.63) is 29.3 Å². The van der Waals surface area contributed by atoms with Gasteiger partial charge in [0, 0.05) is 18.2 Å². The minimum absolute atomic E-state index is 0.557. The van der Waals surface area contributed by atoms with Gasteiger partial charge >= 0.3 is 0 Å².